The predicted octanol–water partition coefficient (Wildman–Crippen LogP) is 4.29. The first-order valence-electron chi connectivity index (χ1n) is 14.7. The van der Waals surface area contributed by atoms with Crippen LogP contribution in [0, 0.1) is 0 Å². The zero-order valence-corrected chi connectivity index (χ0v) is 24.1. The van der Waals surface area contributed by atoms with Crippen molar-refractivity contribution in [3.05, 3.63) is 120 Å². The molecule has 1 N–H and O–H groups in total. The molecule has 3 aliphatic heterocycles. The van der Waals surface area contributed by atoms with Gasteiger partial charge in [-0.15, -0.1) is 0 Å². The minimum atomic E-state index is -1.33. The van der Waals surface area contributed by atoms with Crippen LogP contribution in [0.1, 0.15) is 16.7 Å². The van der Waals surface area contributed by atoms with Gasteiger partial charge in [0.25, 0.3) is 0 Å². The first-order chi connectivity index (χ1) is 21.6. The number of hydrogen-bond donors (Lipinski definition) is 1. The number of benzene rings is 3. The van der Waals surface area contributed by atoms with Crippen LogP contribution in [0.3, 0.4) is 0 Å². The van der Waals surface area contributed by atoms with E-state index in [9.17, 15) is 9.90 Å². The number of carbonyl (C=O) groups excluding carboxylic acids is 1. The van der Waals surface area contributed by atoms with Crippen LogP contribution in [0.4, 0.5) is 4.79 Å². The van der Waals surface area contributed by atoms with E-state index in [0.29, 0.717) is 19.8 Å². The molecular formula is C34H36O10. The zero-order chi connectivity index (χ0) is 30.1. The fourth-order valence-electron chi connectivity index (χ4n) is 5.40. The summed E-state index contributed by atoms with van der Waals surface area (Å²) in [4.78, 5) is 12.1. The number of rotatable bonds is 13. The summed E-state index contributed by atoms with van der Waals surface area (Å²) in [6.07, 6.45) is -4.55. The quantitative estimate of drug-likeness (QED) is 0.284. The van der Waals surface area contributed by atoms with Crippen molar-refractivity contribution >= 4 is 6.16 Å². The maximum absolute atomic E-state index is 12.1. The lowest BCUT2D eigenvalue weighted by atomic mass is 9.98. The summed E-state index contributed by atoms with van der Waals surface area (Å²) >= 11 is 0. The van der Waals surface area contributed by atoms with Gasteiger partial charge in [-0.2, -0.15) is 0 Å². The Balaban J connectivity index is 1.16. The van der Waals surface area contributed by atoms with Gasteiger partial charge in [0.15, 0.2) is 24.6 Å². The Morgan fingerprint density at radius 1 is 0.682 bits per heavy atom. The van der Waals surface area contributed by atoms with Gasteiger partial charge in [0, 0.05) is 0 Å². The molecule has 0 radical (unpaired) electrons. The summed E-state index contributed by atoms with van der Waals surface area (Å²) in [5, 5.41) is 11.2. The van der Waals surface area contributed by atoms with E-state index in [-0.39, 0.29) is 13.2 Å². The van der Waals surface area contributed by atoms with Crippen LogP contribution in [0.25, 0.3) is 0 Å². The summed E-state index contributed by atoms with van der Waals surface area (Å²) in [5.41, 5.74) is 2.99. The van der Waals surface area contributed by atoms with E-state index in [2.05, 4.69) is 0 Å². The summed E-state index contributed by atoms with van der Waals surface area (Å²) in [6.45, 7) is 1.31. The molecule has 0 spiro atoms. The number of ether oxygens (including phenoxy) is 8. The molecule has 0 aromatic heterocycles. The van der Waals surface area contributed by atoms with E-state index in [1.165, 1.54) is 0 Å². The topological polar surface area (TPSA) is 111 Å². The number of hydrogen-bond acceptors (Lipinski definition) is 10. The molecule has 0 saturated carbocycles. The molecule has 10 heteroatoms. The molecule has 3 unspecified atom stereocenters. The number of aliphatic hydroxyl groups is 1. The van der Waals surface area contributed by atoms with Gasteiger partial charge in [0.2, 0.25) is 0 Å². The minimum Gasteiger partial charge on any atom is -0.493 e. The van der Waals surface area contributed by atoms with Gasteiger partial charge >= 0.3 is 6.16 Å². The van der Waals surface area contributed by atoms with Crippen LogP contribution in [-0.4, -0.2) is 73.5 Å². The molecule has 0 aliphatic carbocycles. The molecule has 0 bridgehead atoms. The van der Waals surface area contributed by atoms with Crippen molar-refractivity contribution in [3.8, 4) is 0 Å². The molecule has 2 saturated heterocycles. The molecule has 3 aliphatic rings. The third-order valence-corrected chi connectivity index (χ3v) is 7.65. The third kappa shape index (κ3) is 7.65. The first-order valence-corrected chi connectivity index (χ1v) is 14.7. The fraction of sp³-hybridized carbons (Fsp3) is 0.382. The Morgan fingerprint density at radius 2 is 1.23 bits per heavy atom. The lowest BCUT2D eigenvalue weighted by molar-refractivity contribution is -0.314. The third-order valence-electron chi connectivity index (χ3n) is 7.65. The van der Waals surface area contributed by atoms with E-state index in [1.807, 2.05) is 91.0 Å². The zero-order valence-electron chi connectivity index (χ0n) is 24.1. The monoisotopic (exact) mass is 604 g/mol. The van der Waals surface area contributed by atoms with Gasteiger partial charge in [-0.1, -0.05) is 91.0 Å². The van der Waals surface area contributed by atoms with Gasteiger partial charge < -0.3 is 43.0 Å². The largest absolute Gasteiger partial charge is 0.509 e. The van der Waals surface area contributed by atoms with Crippen molar-refractivity contribution in [2.24, 2.45) is 0 Å². The van der Waals surface area contributed by atoms with Crippen LogP contribution < -0.4 is 0 Å². The van der Waals surface area contributed by atoms with Gasteiger partial charge in [-0.25, -0.2) is 4.79 Å². The second kappa shape index (κ2) is 14.8. The van der Waals surface area contributed by atoms with E-state index >= 15 is 0 Å². The van der Waals surface area contributed by atoms with Crippen LogP contribution in [-0.2, 0) is 57.7 Å². The highest BCUT2D eigenvalue weighted by Gasteiger charge is 2.55. The fourth-order valence-corrected chi connectivity index (χ4v) is 5.40. The Morgan fingerprint density at radius 3 is 1.84 bits per heavy atom. The van der Waals surface area contributed by atoms with Crippen molar-refractivity contribution in [3.63, 3.8) is 0 Å². The number of fused-ring (bicyclic) bond motifs is 1. The van der Waals surface area contributed by atoms with E-state index in [1.54, 1.807) is 12.3 Å². The summed E-state index contributed by atoms with van der Waals surface area (Å²) in [7, 11) is 0. The van der Waals surface area contributed by atoms with Crippen molar-refractivity contribution < 1.29 is 47.8 Å². The van der Waals surface area contributed by atoms with E-state index in [4.69, 9.17) is 37.9 Å². The molecule has 10 nitrogen and oxygen atoms in total. The summed E-state index contributed by atoms with van der Waals surface area (Å²) in [5.74, 6) is 0. The molecule has 3 aromatic carbocycles. The second-order valence-electron chi connectivity index (χ2n) is 10.8. The lowest BCUT2D eigenvalue weighted by Gasteiger charge is -2.42. The van der Waals surface area contributed by atoms with Crippen molar-refractivity contribution in [2.75, 3.05) is 13.2 Å². The van der Waals surface area contributed by atoms with Crippen molar-refractivity contribution in [1.82, 2.24) is 0 Å². The molecule has 2 fully saturated rings. The second-order valence-corrected chi connectivity index (χ2v) is 10.8. The Kier molecular flexibility index (Phi) is 10.2. The van der Waals surface area contributed by atoms with Gasteiger partial charge in [0.05, 0.1) is 39.3 Å². The Labute approximate surface area is 256 Å². The Bertz CT molecular complexity index is 1340. The molecule has 6 rings (SSSR count). The smallest absolute Gasteiger partial charge is 0.493 e. The highest BCUT2D eigenvalue weighted by Crippen LogP contribution is 2.34. The number of aliphatic hydroxyl groups excluding tert-OH is 1. The van der Waals surface area contributed by atoms with Crippen LogP contribution in [0.2, 0.25) is 0 Å². The predicted molar refractivity (Wildman–Crippen MR) is 156 cm³/mol. The van der Waals surface area contributed by atoms with Crippen LogP contribution in [0.15, 0.2) is 103 Å². The minimum absolute atomic E-state index is 0.0813. The van der Waals surface area contributed by atoms with Gasteiger partial charge in [-0.3, -0.25) is 0 Å². The molecule has 0 amide bonds. The molecule has 232 valence electrons. The van der Waals surface area contributed by atoms with Gasteiger partial charge in [0.1, 0.15) is 24.4 Å². The molecular weight excluding hydrogens is 568 g/mol. The van der Waals surface area contributed by atoms with E-state index < -0.39 is 55.2 Å². The Hall–Kier alpha value is -3.77. The van der Waals surface area contributed by atoms with Gasteiger partial charge in [-0.05, 0) is 22.8 Å². The number of carbonyl (C=O) groups is 1. The summed E-state index contributed by atoms with van der Waals surface area (Å²) in [6, 6.07) is 29.3. The molecule has 44 heavy (non-hydrogen) atoms. The highest BCUT2D eigenvalue weighted by atomic mass is 16.8. The van der Waals surface area contributed by atoms with E-state index in [0.717, 1.165) is 16.7 Å². The normalized spacial score (nSPS) is 29.3. The maximum atomic E-state index is 12.1. The molecule has 3 aromatic rings. The lowest BCUT2D eigenvalue weighted by Crippen LogP contribution is -2.60. The summed E-state index contributed by atoms with van der Waals surface area (Å²) < 4.78 is 47.5. The highest BCUT2D eigenvalue weighted by molar-refractivity contribution is 5.63. The molecule has 8 atom stereocenters. The first kappa shape index (κ1) is 30.3. The molecule has 3 heterocycles. The average molecular weight is 605 g/mol. The van der Waals surface area contributed by atoms with Crippen LogP contribution >= 0.6 is 0 Å². The van der Waals surface area contributed by atoms with Crippen LogP contribution in [0.5, 0.6) is 0 Å². The maximum Gasteiger partial charge on any atom is 0.509 e. The standard InChI is InChI=1S/C34H36O10/c35-29-32-31(43-34(36)44-32)28(22-38-19-24-12-6-2-7-13-24)41-33(29)42-30-26(40-20-25-14-8-3-9-15-25)16-17-39-27(30)21-37-18-23-10-4-1-5-11-23/h1-17,26-33,35H,18-22H2/t26-,27?,28?,29+,30+,31+,32-,33?/m1/s1. The SMILES string of the molecule is O=C1O[C@@H]2[C@H](O)C(O[C@@H]3C(COCc4ccccc4)OC=C[C@H]3OCc3ccccc3)OC(COCc3ccccc3)[C@@H]2O1. The van der Waals surface area contributed by atoms with Crippen molar-refractivity contribution in [1.29, 1.82) is 0 Å². The van der Waals surface area contributed by atoms with Crippen molar-refractivity contribution in [2.45, 2.75) is 68.8 Å². The average Bonchev–Trinajstić information content (AvgIpc) is 3.46.